The maximum absolute atomic E-state index is 12.2. The smallest absolute Gasteiger partial charge is 0.287 e. The zero-order valence-electron chi connectivity index (χ0n) is 15.4. The minimum Gasteiger partial charge on any atom is -0.444 e. The Hall–Kier alpha value is -1.63. The van der Waals surface area contributed by atoms with Crippen molar-refractivity contribution in [3.63, 3.8) is 0 Å². The van der Waals surface area contributed by atoms with Crippen LogP contribution >= 0.6 is 15.9 Å². The summed E-state index contributed by atoms with van der Waals surface area (Å²) < 4.78 is 5.98. The van der Waals surface area contributed by atoms with Crippen molar-refractivity contribution in [2.45, 2.75) is 19.4 Å². The second-order valence-electron chi connectivity index (χ2n) is 6.90. The lowest BCUT2D eigenvalue weighted by atomic mass is 10.0. The molecule has 26 heavy (non-hydrogen) atoms. The first-order valence-corrected chi connectivity index (χ1v) is 9.85. The summed E-state index contributed by atoms with van der Waals surface area (Å²) >= 11 is 3.26. The van der Waals surface area contributed by atoms with Crippen LogP contribution < -0.4 is 5.32 Å². The molecule has 5 nitrogen and oxygen atoms in total. The predicted octanol–water partition coefficient (Wildman–Crippen LogP) is 3.46. The Morgan fingerprint density at radius 3 is 2.77 bits per heavy atom. The van der Waals surface area contributed by atoms with E-state index in [2.05, 4.69) is 68.4 Å². The molecular weight excluding hydrogens is 394 g/mol. The maximum atomic E-state index is 12.2. The number of carbonyl (C=O) groups excluding carboxylic acids is 1. The number of nitrogens with one attached hydrogen (secondary N) is 1. The first-order chi connectivity index (χ1) is 12.5. The van der Waals surface area contributed by atoms with Crippen molar-refractivity contribution in [3.05, 3.63) is 58.0 Å². The predicted molar refractivity (Wildman–Crippen MR) is 106 cm³/mol. The van der Waals surface area contributed by atoms with Gasteiger partial charge in [0.05, 0.1) is 0 Å². The SMILES string of the molecule is Cc1cc(Br)oc1C(=O)NCCCN1CCN(C)CC1c1ccccc1. The Balaban J connectivity index is 1.51. The molecule has 0 spiro atoms. The van der Waals surface area contributed by atoms with Crippen LogP contribution in [0, 0.1) is 6.92 Å². The highest BCUT2D eigenvalue weighted by molar-refractivity contribution is 9.10. The van der Waals surface area contributed by atoms with Gasteiger partial charge in [0.15, 0.2) is 10.4 Å². The van der Waals surface area contributed by atoms with E-state index in [1.54, 1.807) is 0 Å². The van der Waals surface area contributed by atoms with Crippen molar-refractivity contribution >= 4 is 21.8 Å². The van der Waals surface area contributed by atoms with Gasteiger partial charge in [0.25, 0.3) is 5.91 Å². The molecule has 1 amide bonds. The molecule has 1 aliphatic heterocycles. The molecule has 1 fully saturated rings. The summed E-state index contributed by atoms with van der Waals surface area (Å²) in [6.07, 6.45) is 0.916. The maximum Gasteiger partial charge on any atom is 0.287 e. The molecule has 1 atom stereocenters. The molecule has 3 rings (SSSR count). The van der Waals surface area contributed by atoms with Crippen LogP contribution in [-0.4, -0.2) is 55.5 Å². The van der Waals surface area contributed by atoms with Gasteiger partial charge in [-0.1, -0.05) is 30.3 Å². The van der Waals surface area contributed by atoms with E-state index in [4.69, 9.17) is 4.42 Å². The van der Waals surface area contributed by atoms with Crippen molar-refractivity contribution in [3.8, 4) is 0 Å². The number of hydrogen-bond donors (Lipinski definition) is 1. The van der Waals surface area contributed by atoms with Gasteiger partial charge >= 0.3 is 0 Å². The van der Waals surface area contributed by atoms with Crippen molar-refractivity contribution in [1.29, 1.82) is 0 Å². The van der Waals surface area contributed by atoms with Gasteiger partial charge in [-0.05, 0) is 48.0 Å². The second-order valence-corrected chi connectivity index (χ2v) is 7.68. The van der Waals surface area contributed by atoms with Gasteiger partial charge in [-0.2, -0.15) is 0 Å². The summed E-state index contributed by atoms with van der Waals surface area (Å²) in [5.74, 6) is 0.241. The fourth-order valence-corrected chi connectivity index (χ4v) is 3.95. The fraction of sp³-hybridized carbons (Fsp3) is 0.450. The molecule has 0 radical (unpaired) electrons. The van der Waals surface area contributed by atoms with Crippen molar-refractivity contribution in [2.24, 2.45) is 0 Å². The number of aryl methyl sites for hydroxylation is 1. The third kappa shape index (κ3) is 4.75. The summed E-state index contributed by atoms with van der Waals surface area (Å²) in [5.41, 5.74) is 2.21. The van der Waals surface area contributed by atoms with E-state index in [-0.39, 0.29) is 5.91 Å². The van der Waals surface area contributed by atoms with Crippen LogP contribution in [0.25, 0.3) is 0 Å². The van der Waals surface area contributed by atoms with Gasteiger partial charge in [-0.15, -0.1) is 0 Å². The molecule has 1 aromatic carbocycles. The van der Waals surface area contributed by atoms with Crippen LogP contribution in [0.1, 0.15) is 34.1 Å². The zero-order valence-corrected chi connectivity index (χ0v) is 17.0. The number of amides is 1. The topological polar surface area (TPSA) is 48.7 Å². The third-order valence-electron chi connectivity index (χ3n) is 4.88. The highest BCUT2D eigenvalue weighted by Gasteiger charge is 2.26. The lowest BCUT2D eigenvalue weighted by molar-refractivity contribution is 0.0856. The molecular formula is C20H26BrN3O2. The largest absolute Gasteiger partial charge is 0.444 e. The summed E-state index contributed by atoms with van der Waals surface area (Å²) in [4.78, 5) is 17.1. The quantitative estimate of drug-likeness (QED) is 0.728. The molecule has 140 valence electrons. The van der Waals surface area contributed by atoms with E-state index in [0.29, 0.717) is 23.0 Å². The molecule has 0 aliphatic carbocycles. The van der Waals surface area contributed by atoms with E-state index in [0.717, 1.165) is 38.2 Å². The molecule has 1 aliphatic rings. The van der Waals surface area contributed by atoms with E-state index < -0.39 is 0 Å². The Morgan fingerprint density at radius 1 is 1.31 bits per heavy atom. The molecule has 0 saturated carbocycles. The van der Waals surface area contributed by atoms with Crippen LogP contribution in [0.3, 0.4) is 0 Å². The number of rotatable bonds is 6. The number of furan rings is 1. The average molecular weight is 420 g/mol. The Morgan fingerprint density at radius 2 is 2.08 bits per heavy atom. The summed E-state index contributed by atoms with van der Waals surface area (Å²) in [6, 6.07) is 12.9. The van der Waals surface area contributed by atoms with Gasteiger partial charge in [-0.3, -0.25) is 9.69 Å². The monoisotopic (exact) mass is 419 g/mol. The van der Waals surface area contributed by atoms with Crippen LogP contribution in [0.5, 0.6) is 0 Å². The molecule has 0 bridgehead atoms. The second kappa shape index (κ2) is 8.84. The summed E-state index contributed by atoms with van der Waals surface area (Å²) in [7, 11) is 2.18. The highest BCUT2D eigenvalue weighted by Crippen LogP contribution is 2.24. The third-order valence-corrected chi connectivity index (χ3v) is 5.27. The normalized spacial score (nSPS) is 18.8. The number of benzene rings is 1. The number of halogens is 1. The first-order valence-electron chi connectivity index (χ1n) is 9.06. The lowest BCUT2D eigenvalue weighted by Crippen LogP contribution is -2.47. The molecule has 1 unspecified atom stereocenters. The van der Waals surface area contributed by atoms with Gasteiger partial charge in [0.1, 0.15) is 0 Å². The molecule has 1 N–H and O–H groups in total. The van der Waals surface area contributed by atoms with Crippen molar-refractivity contribution in [2.75, 3.05) is 39.8 Å². The van der Waals surface area contributed by atoms with Crippen LogP contribution in [-0.2, 0) is 0 Å². The molecule has 1 saturated heterocycles. The van der Waals surface area contributed by atoms with Crippen molar-refractivity contribution < 1.29 is 9.21 Å². The fourth-order valence-electron chi connectivity index (χ4n) is 3.45. The molecule has 2 aromatic rings. The number of carbonyl (C=O) groups is 1. The van der Waals surface area contributed by atoms with Crippen LogP contribution in [0.15, 0.2) is 45.5 Å². The van der Waals surface area contributed by atoms with Crippen molar-refractivity contribution in [1.82, 2.24) is 15.1 Å². The summed E-state index contributed by atoms with van der Waals surface area (Å²) in [5, 5.41) is 2.97. The van der Waals surface area contributed by atoms with Gasteiger partial charge in [-0.25, -0.2) is 0 Å². The standard InChI is InChI=1S/C20H26BrN3O2/c1-15-13-18(21)26-19(15)20(25)22-9-6-10-24-12-11-23(2)14-17(24)16-7-4-3-5-8-16/h3-5,7-8,13,17H,6,9-12,14H2,1-2H3,(H,22,25). The van der Waals surface area contributed by atoms with E-state index >= 15 is 0 Å². The van der Waals surface area contributed by atoms with Gasteiger partial charge in [0.2, 0.25) is 0 Å². The van der Waals surface area contributed by atoms with Gasteiger partial charge in [0, 0.05) is 44.3 Å². The summed E-state index contributed by atoms with van der Waals surface area (Å²) in [6.45, 7) is 6.65. The van der Waals surface area contributed by atoms with Crippen LogP contribution in [0.2, 0.25) is 0 Å². The van der Waals surface area contributed by atoms with E-state index in [1.807, 2.05) is 13.0 Å². The number of hydrogen-bond acceptors (Lipinski definition) is 4. The zero-order chi connectivity index (χ0) is 18.5. The molecule has 1 aromatic heterocycles. The lowest BCUT2D eigenvalue weighted by Gasteiger charge is -2.40. The van der Waals surface area contributed by atoms with E-state index in [9.17, 15) is 4.79 Å². The number of likely N-dealkylation sites (N-methyl/N-ethyl adjacent to an activating group) is 1. The van der Waals surface area contributed by atoms with Gasteiger partial charge < -0.3 is 14.6 Å². The number of nitrogens with zero attached hydrogens (tertiary/aromatic N) is 2. The van der Waals surface area contributed by atoms with Crippen LogP contribution in [0.4, 0.5) is 0 Å². The minimum absolute atomic E-state index is 0.147. The average Bonchev–Trinajstić information content (AvgIpc) is 2.98. The molecule has 6 heteroatoms. The number of piperazine rings is 1. The first kappa shape index (κ1) is 19.1. The molecule has 2 heterocycles. The Kier molecular flexibility index (Phi) is 6.51. The highest BCUT2D eigenvalue weighted by atomic mass is 79.9. The van der Waals surface area contributed by atoms with E-state index in [1.165, 1.54) is 5.56 Å². The Labute approximate surface area is 163 Å². The Bertz CT molecular complexity index is 732. The minimum atomic E-state index is -0.147.